The van der Waals surface area contributed by atoms with Gasteiger partial charge in [-0.25, -0.2) is 0 Å². The molecule has 5 nitrogen and oxygen atoms in total. The van der Waals surface area contributed by atoms with Gasteiger partial charge in [-0.1, -0.05) is 17.7 Å². The van der Waals surface area contributed by atoms with Gasteiger partial charge in [-0.2, -0.15) is 0 Å². The van der Waals surface area contributed by atoms with Gasteiger partial charge < -0.3 is 15.0 Å². The van der Waals surface area contributed by atoms with E-state index >= 15 is 0 Å². The van der Waals surface area contributed by atoms with Crippen LogP contribution < -0.4 is 10.1 Å². The van der Waals surface area contributed by atoms with Crippen molar-refractivity contribution in [2.75, 3.05) is 31.8 Å². The van der Waals surface area contributed by atoms with Crippen LogP contribution in [0.25, 0.3) is 0 Å². The van der Waals surface area contributed by atoms with E-state index in [9.17, 15) is 9.59 Å². The van der Waals surface area contributed by atoms with E-state index in [0.29, 0.717) is 28.6 Å². The number of amides is 2. The molecule has 26 heavy (non-hydrogen) atoms. The van der Waals surface area contributed by atoms with Gasteiger partial charge in [-0.05, 0) is 43.5 Å². The first-order valence-corrected chi connectivity index (χ1v) is 9.65. The van der Waals surface area contributed by atoms with Crippen molar-refractivity contribution in [1.29, 1.82) is 0 Å². The minimum absolute atomic E-state index is 0.0631. The number of hydrogen-bond acceptors (Lipinski definition) is 4. The molecule has 138 valence electrons. The molecule has 0 saturated heterocycles. The number of hydrogen-bond donors (Lipinski definition) is 1. The summed E-state index contributed by atoms with van der Waals surface area (Å²) in [7, 11) is 1.56. The SMILES string of the molecule is CCN(CC(=O)Nc1cccc(OC)c1)C(=O)c1cc(SC)ccc1Cl. The number of nitrogens with one attached hydrogen (secondary N) is 1. The van der Waals surface area contributed by atoms with Gasteiger partial charge in [0.25, 0.3) is 5.91 Å². The zero-order chi connectivity index (χ0) is 19.1. The number of thioether (sulfide) groups is 1. The molecule has 0 atom stereocenters. The molecule has 0 radical (unpaired) electrons. The summed E-state index contributed by atoms with van der Waals surface area (Å²) in [5.74, 6) is 0.0895. The molecule has 0 aliphatic rings. The van der Waals surface area contributed by atoms with E-state index in [0.717, 1.165) is 4.90 Å². The number of anilines is 1. The molecule has 0 aromatic heterocycles. The fourth-order valence-corrected chi connectivity index (χ4v) is 3.01. The molecule has 2 aromatic rings. The first-order chi connectivity index (χ1) is 12.5. The molecule has 0 unspecified atom stereocenters. The molecule has 2 rings (SSSR count). The molecule has 0 heterocycles. The van der Waals surface area contributed by atoms with E-state index in [4.69, 9.17) is 16.3 Å². The number of ether oxygens (including phenoxy) is 1. The molecule has 2 amide bonds. The van der Waals surface area contributed by atoms with Crippen LogP contribution in [-0.4, -0.2) is 43.2 Å². The second kappa shape index (κ2) is 9.50. The number of benzene rings is 2. The summed E-state index contributed by atoms with van der Waals surface area (Å²) in [6, 6.07) is 12.4. The maximum absolute atomic E-state index is 12.8. The Hall–Kier alpha value is -2.18. The van der Waals surface area contributed by atoms with Crippen molar-refractivity contribution >= 4 is 40.9 Å². The van der Waals surface area contributed by atoms with E-state index in [-0.39, 0.29) is 18.4 Å². The highest BCUT2D eigenvalue weighted by Crippen LogP contribution is 2.24. The highest BCUT2D eigenvalue weighted by atomic mass is 35.5. The summed E-state index contributed by atoms with van der Waals surface area (Å²) in [5, 5.41) is 3.15. The lowest BCUT2D eigenvalue weighted by atomic mass is 10.2. The van der Waals surface area contributed by atoms with Crippen molar-refractivity contribution in [3.8, 4) is 5.75 Å². The Morgan fingerprint density at radius 3 is 2.65 bits per heavy atom. The van der Waals surface area contributed by atoms with Crippen molar-refractivity contribution in [3.05, 3.63) is 53.1 Å². The van der Waals surface area contributed by atoms with E-state index in [1.165, 1.54) is 16.7 Å². The maximum atomic E-state index is 12.8. The van der Waals surface area contributed by atoms with Gasteiger partial charge in [0, 0.05) is 23.2 Å². The van der Waals surface area contributed by atoms with Crippen molar-refractivity contribution in [1.82, 2.24) is 4.90 Å². The van der Waals surface area contributed by atoms with Crippen LogP contribution in [0.1, 0.15) is 17.3 Å². The lowest BCUT2D eigenvalue weighted by molar-refractivity contribution is -0.116. The lowest BCUT2D eigenvalue weighted by Crippen LogP contribution is -2.38. The molecule has 0 fully saturated rings. The predicted molar refractivity (Wildman–Crippen MR) is 106 cm³/mol. The van der Waals surface area contributed by atoms with E-state index in [1.54, 1.807) is 43.5 Å². The fourth-order valence-electron chi connectivity index (χ4n) is 2.37. The van der Waals surface area contributed by atoms with Crippen LogP contribution in [0.3, 0.4) is 0 Å². The summed E-state index contributed by atoms with van der Waals surface area (Å²) in [6.45, 7) is 2.15. The Labute approximate surface area is 162 Å². The molecule has 2 aromatic carbocycles. The Balaban J connectivity index is 2.10. The van der Waals surface area contributed by atoms with Crippen molar-refractivity contribution < 1.29 is 14.3 Å². The summed E-state index contributed by atoms with van der Waals surface area (Å²) < 4.78 is 5.14. The monoisotopic (exact) mass is 392 g/mol. The molecule has 0 saturated carbocycles. The van der Waals surface area contributed by atoms with Crippen LogP contribution in [0.4, 0.5) is 5.69 Å². The third-order valence-electron chi connectivity index (χ3n) is 3.76. The van der Waals surface area contributed by atoms with Crippen molar-refractivity contribution in [2.45, 2.75) is 11.8 Å². The Morgan fingerprint density at radius 1 is 1.23 bits per heavy atom. The normalized spacial score (nSPS) is 10.3. The number of nitrogens with zero attached hydrogens (tertiary/aromatic N) is 1. The molecule has 0 aliphatic heterocycles. The number of methoxy groups -OCH3 is 1. The maximum Gasteiger partial charge on any atom is 0.255 e. The smallest absolute Gasteiger partial charge is 0.255 e. The molecule has 0 spiro atoms. The van der Waals surface area contributed by atoms with E-state index in [2.05, 4.69) is 5.32 Å². The summed E-state index contributed by atoms with van der Waals surface area (Å²) in [5.41, 5.74) is 1.01. The van der Waals surface area contributed by atoms with Gasteiger partial charge in [0.1, 0.15) is 12.3 Å². The van der Waals surface area contributed by atoms with Gasteiger partial charge in [0.15, 0.2) is 0 Å². The highest BCUT2D eigenvalue weighted by Gasteiger charge is 2.20. The molecular formula is C19H21ClN2O3S. The van der Waals surface area contributed by atoms with Crippen molar-refractivity contribution in [2.24, 2.45) is 0 Å². The number of rotatable bonds is 7. The zero-order valence-corrected chi connectivity index (χ0v) is 16.5. The molecule has 7 heteroatoms. The lowest BCUT2D eigenvalue weighted by Gasteiger charge is -2.21. The number of halogens is 1. The van der Waals surface area contributed by atoms with E-state index in [1.807, 2.05) is 19.2 Å². The second-order valence-corrected chi connectivity index (χ2v) is 6.73. The third-order valence-corrected chi connectivity index (χ3v) is 4.82. The number of carbonyl (C=O) groups is 2. The molecule has 0 bridgehead atoms. The molecular weight excluding hydrogens is 372 g/mol. The molecule has 0 aliphatic carbocycles. The first kappa shape index (κ1) is 20.1. The van der Waals surface area contributed by atoms with Gasteiger partial charge in [-0.3, -0.25) is 9.59 Å². The van der Waals surface area contributed by atoms with Crippen LogP contribution in [-0.2, 0) is 4.79 Å². The zero-order valence-electron chi connectivity index (χ0n) is 14.9. The average Bonchev–Trinajstić information content (AvgIpc) is 2.66. The van der Waals surface area contributed by atoms with Crippen LogP contribution >= 0.6 is 23.4 Å². The number of carbonyl (C=O) groups excluding carboxylic acids is 2. The quantitative estimate of drug-likeness (QED) is 0.718. The van der Waals surface area contributed by atoms with Crippen LogP contribution in [0.15, 0.2) is 47.4 Å². The van der Waals surface area contributed by atoms with E-state index < -0.39 is 0 Å². The Bertz CT molecular complexity index is 798. The third kappa shape index (κ3) is 5.16. The van der Waals surface area contributed by atoms with Crippen LogP contribution in [0.5, 0.6) is 5.75 Å². The molecule has 1 N–H and O–H groups in total. The van der Waals surface area contributed by atoms with Crippen LogP contribution in [0, 0.1) is 0 Å². The van der Waals surface area contributed by atoms with Crippen LogP contribution in [0.2, 0.25) is 5.02 Å². The minimum Gasteiger partial charge on any atom is -0.497 e. The summed E-state index contributed by atoms with van der Waals surface area (Å²) in [4.78, 5) is 27.5. The highest BCUT2D eigenvalue weighted by molar-refractivity contribution is 7.98. The second-order valence-electron chi connectivity index (χ2n) is 5.45. The van der Waals surface area contributed by atoms with Gasteiger partial charge >= 0.3 is 0 Å². The minimum atomic E-state index is -0.286. The average molecular weight is 393 g/mol. The summed E-state index contributed by atoms with van der Waals surface area (Å²) in [6.07, 6.45) is 1.93. The fraction of sp³-hybridized carbons (Fsp3) is 0.263. The first-order valence-electron chi connectivity index (χ1n) is 8.05. The van der Waals surface area contributed by atoms with Gasteiger partial charge in [-0.15, -0.1) is 11.8 Å². The number of likely N-dealkylation sites (N-methyl/N-ethyl adjacent to an activating group) is 1. The summed E-state index contributed by atoms with van der Waals surface area (Å²) >= 11 is 7.70. The standard InChI is InChI=1S/C19H21ClN2O3S/c1-4-22(19(24)16-11-15(26-3)8-9-17(16)20)12-18(23)21-13-6-5-7-14(10-13)25-2/h5-11H,4,12H2,1-3H3,(H,21,23). The largest absolute Gasteiger partial charge is 0.497 e. The Kier molecular flexibility index (Phi) is 7.36. The van der Waals surface area contributed by atoms with Crippen molar-refractivity contribution in [3.63, 3.8) is 0 Å². The Morgan fingerprint density at radius 2 is 2.00 bits per heavy atom. The topological polar surface area (TPSA) is 58.6 Å². The van der Waals surface area contributed by atoms with Gasteiger partial charge in [0.05, 0.1) is 17.7 Å². The predicted octanol–water partition coefficient (Wildman–Crippen LogP) is 4.17. The van der Waals surface area contributed by atoms with Gasteiger partial charge in [0.2, 0.25) is 5.91 Å².